The molecule has 1 saturated heterocycles. The molecule has 1 aliphatic heterocycles. The molecular weight excluding hydrogens is 410 g/mol. The van der Waals surface area contributed by atoms with E-state index in [-0.39, 0.29) is 12.5 Å². The zero-order chi connectivity index (χ0) is 22.1. The molecule has 164 valence electrons. The molecule has 8 nitrogen and oxygen atoms in total. The summed E-state index contributed by atoms with van der Waals surface area (Å²) in [5.41, 5.74) is 12.7. The number of amides is 1. The minimum absolute atomic E-state index is 0.150. The van der Waals surface area contributed by atoms with Crippen LogP contribution in [0.15, 0.2) is 30.3 Å². The number of hydrogen-bond donors (Lipinski definition) is 2. The normalized spacial score (nSPS) is 18.0. The number of nitrogens with two attached hydrogens (primary N) is 2. The van der Waals surface area contributed by atoms with Crippen LogP contribution in [0.2, 0.25) is 0 Å². The largest absolute Gasteiger partial charge is 0.460 e. The molecule has 0 bridgehead atoms. The molecule has 3 atom stereocenters. The number of benzene rings is 1. The molecule has 0 spiro atoms. The average molecular weight is 438 g/mol. The second-order valence-electron chi connectivity index (χ2n) is 7.35. The molecule has 2 rings (SSSR count). The maximum atomic E-state index is 12.6. The molecule has 1 aromatic rings. The monoisotopic (exact) mass is 437 g/mol. The molecule has 30 heavy (non-hydrogen) atoms. The summed E-state index contributed by atoms with van der Waals surface area (Å²) < 4.78 is 5.20. The first-order valence-electron chi connectivity index (χ1n) is 10.00. The number of carbonyl (C=O) groups is 4. The molecule has 0 saturated carbocycles. The summed E-state index contributed by atoms with van der Waals surface area (Å²) in [7, 11) is 0. The number of likely N-dealkylation sites (tertiary alicyclic amines) is 1. The molecule has 1 heterocycles. The van der Waals surface area contributed by atoms with Gasteiger partial charge in [-0.2, -0.15) is 0 Å². The highest BCUT2D eigenvalue weighted by atomic mass is 35.5. The third-order valence-corrected chi connectivity index (χ3v) is 5.35. The Morgan fingerprint density at radius 2 is 1.77 bits per heavy atom. The van der Waals surface area contributed by atoms with Gasteiger partial charge in [0.25, 0.3) is 0 Å². The van der Waals surface area contributed by atoms with Gasteiger partial charge in [0, 0.05) is 6.54 Å². The van der Waals surface area contributed by atoms with Crippen LogP contribution in [0, 0.1) is 0 Å². The van der Waals surface area contributed by atoms with Gasteiger partial charge in [0.2, 0.25) is 17.5 Å². The number of alkyl halides is 1. The lowest BCUT2D eigenvalue weighted by Gasteiger charge is -2.26. The van der Waals surface area contributed by atoms with Crippen molar-refractivity contribution < 1.29 is 23.9 Å². The summed E-state index contributed by atoms with van der Waals surface area (Å²) in [4.78, 5) is 49.7. The van der Waals surface area contributed by atoms with E-state index in [0.29, 0.717) is 38.6 Å². The van der Waals surface area contributed by atoms with Gasteiger partial charge in [-0.15, -0.1) is 11.6 Å². The Morgan fingerprint density at radius 1 is 1.10 bits per heavy atom. The van der Waals surface area contributed by atoms with Crippen LogP contribution in [0.1, 0.15) is 37.7 Å². The Kier molecular flexibility index (Phi) is 9.42. The molecule has 1 fully saturated rings. The molecule has 0 radical (unpaired) electrons. The third kappa shape index (κ3) is 6.62. The number of carbonyl (C=O) groups excluding carboxylic acids is 4. The van der Waals surface area contributed by atoms with Crippen LogP contribution in [-0.2, 0) is 30.5 Å². The Balaban J connectivity index is 1.75. The van der Waals surface area contributed by atoms with Gasteiger partial charge >= 0.3 is 5.97 Å². The van der Waals surface area contributed by atoms with E-state index in [9.17, 15) is 19.2 Å². The van der Waals surface area contributed by atoms with Crippen molar-refractivity contribution in [3.8, 4) is 0 Å². The van der Waals surface area contributed by atoms with Crippen LogP contribution >= 0.6 is 11.6 Å². The van der Waals surface area contributed by atoms with E-state index in [0.717, 1.165) is 5.56 Å². The SMILES string of the molecule is NC(CCC[C@H](N)C(=O)N1CCC[C@@H]1C(=O)C(=O)CCl)C(=O)OCc1ccccc1. The lowest BCUT2D eigenvalue weighted by atomic mass is 10.0. The molecule has 1 aliphatic rings. The Hall–Kier alpha value is -2.29. The van der Waals surface area contributed by atoms with Crippen LogP contribution in [-0.4, -0.2) is 58.9 Å². The number of nitrogens with zero attached hydrogens (tertiary/aromatic N) is 1. The number of rotatable bonds is 11. The highest BCUT2D eigenvalue weighted by Gasteiger charge is 2.38. The third-order valence-electron chi connectivity index (χ3n) is 5.11. The lowest BCUT2D eigenvalue weighted by molar-refractivity contribution is -0.146. The first-order valence-corrected chi connectivity index (χ1v) is 10.5. The second kappa shape index (κ2) is 11.8. The van der Waals surface area contributed by atoms with E-state index in [1.165, 1.54) is 4.90 Å². The van der Waals surface area contributed by atoms with Crippen molar-refractivity contribution in [2.24, 2.45) is 11.5 Å². The van der Waals surface area contributed by atoms with E-state index >= 15 is 0 Å². The number of esters is 1. The average Bonchev–Trinajstić information content (AvgIpc) is 3.26. The smallest absolute Gasteiger partial charge is 0.323 e. The number of Topliss-reactive ketones (excluding diaryl/α,β-unsaturated/α-hetero) is 2. The summed E-state index contributed by atoms with van der Waals surface area (Å²) in [6.07, 6.45) is 2.13. The van der Waals surface area contributed by atoms with E-state index in [4.69, 9.17) is 27.8 Å². The number of hydrogen-bond acceptors (Lipinski definition) is 7. The van der Waals surface area contributed by atoms with Crippen LogP contribution < -0.4 is 11.5 Å². The summed E-state index contributed by atoms with van der Waals surface area (Å²) >= 11 is 5.45. The molecule has 1 aromatic carbocycles. The van der Waals surface area contributed by atoms with E-state index < -0.39 is 41.5 Å². The van der Waals surface area contributed by atoms with Crippen molar-refractivity contribution in [1.29, 1.82) is 0 Å². The zero-order valence-corrected chi connectivity index (χ0v) is 17.6. The van der Waals surface area contributed by atoms with Gasteiger partial charge in [0.1, 0.15) is 12.6 Å². The molecular formula is C21H28ClN3O5. The Bertz CT molecular complexity index is 758. The van der Waals surface area contributed by atoms with Gasteiger partial charge in [0.15, 0.2) is 0 Å². The first kappa shape index (κ1) is 24.0. The van der Waals surface area contributed by atoms with Gasteiger partial charge in [-0.25, -0.2) is 0 Å². The van der Waals surface area contributed by atoms with Crippen molar-refractivity contribution in [3.63, 3.8) is 0 Å². The van der Waals surface area contributed by atoms with Crippen LogP contribution in [0.5, 0.6) is 0 Å². The quantitative estimate of drug-likeness (QED) is 0.299. The first-order chi connectivity index (χ1) is 14.3. The molecule has 4 N–H and O–H groups in total. The van der Waals surface area contributed by atoms with E-state index in [2.05, 4.69) is 0 Å². The van der Waals surface area contributed by atoms with Crippen molar-refractivity contribution in [1.82, 2.24) is 4.90 Å². The van der Waals surface area contributed by atoms with Crippen molar-refractivity contribution >= 4 is 35.0 Å². The highest BCUT2D eigenvalue weighted by Crippen LogP contribution is 2.20. The standard InChI is InChI=1S/C21H28ClN3O5/c22-12-18(26)19(27)17-10-5-11-25(17)20(28)15(23)8-4-9-16(24)21(29)30-13-14-6-2-1-3-7-14/h1-3,6-7,15-17H,4-5,8-13,23-24H2/t15-,16?,17+/m0/s1. The fraction of sp³-hybridized carbons (Fsp3) is 0.524. The number of halogens is 1. The maximum Gasteiger partial charge on any atom is 0.323 e. The Labute approximate surface area is 180 Å². The highest BCUT2D eigenvalue weighted by molar-refractivity contribution is 6.48. The molecule has 1 unspecified atom stereocenters. The maximum absolute atomic E-state index is 12.6. The van der Waals surface area contributed by atoms with Gasteiger partial charge in [-0.1, -0.05) is 30.3 Å². The summed E-state index contributed by atoms with van der Waals surface area (Å²) in [5, 5.41) is 0. The molecule has 0 aromatic heterocycles. The van der Waals surface area contributed by atoms with Gasteiger partial charge in [-0.05, 0) is 37.7 Å². The molecule has 1 amide bonds. The lowest BCUT2D eigenvalue weighted by Crippen LogP contribution is -2.50. The van der Waals surface area contributed by atoms with Crippen LogP contribution in [0.3, 0.4) is 0 Å². The fourth-order valence-corrected chi connectivity index (χ4v) is 3.53. The fourth-order valence-electron chi connectivity index (χ4n) is 3.40. The molecule has 9 heteroatoms. The van der Waals surface area contributed by atoms with E-state index in [1.807, 2.05) is 30.3 Å². The van der Waals surface area contributed by atoms with Crippen LogP contribution in [0.4, 0.5) is 0 Å². The summed E-state index contributed by atoms with van der Waals surface area (Å²) in [6.45, 7) is 0.528. The van der Waals surface area contributed by atoms with Gasteiger partial charge < -0.3 is 21.1 Å². The topological polar surface area (TPSA) is 133 Å². The van der Waals surface area contributed by atoms with Crippen LogP contribution in [0.25, 0.3) is 0 Å². The zero-order valence-electron chi connectivity index (χ0n) is 16.8. The summed E-state index contributed by atoms with van der Waals surface area (Å²) in [6, 6.07) is 6.84. The minimum atomic E-state index is -0.836. The predicted octanol–water partition coefficient (Wildman–Crippen LogP) is 0.923. The number of ether oxygens (including phenoxy) is 1. The Morgan fingerprint density at radius 3 is 2.43 bits per heavy atom. The number of ketones is 2. The minimum Gasteiger partial charge on any atom is -0.460 e. The molecule has 0 aliphatic carbocycles. The van der Waals surface area contributed by atoms with Crippen molar-refractivity contribution in [3.05, 3.63) is 35.9 Å². The predicted molar refractivity (Wildman–Crippen MR) is 112 cm³/mol. The van der Waals surface area contributed by atoms with E-state index in [1.54, 1.807) is 0 Å². The van der Waals surface area contributed by atoms with Crippen molar-refractivity contribution in [2.75, 3.05) is 12.4 Å². The second-order valence-corrected chi connectivity index (χ2v) is 7.62. The van der Waals surface area contributed by atoms with Gasteiger partial charge in [-0.3, -0.25) is 19.2 Å². The van der Waals surface area contributed by atoms with Crippen molar-refractivity contribution in [2.45, 2.75) is 56.8 Å². The summed E-state index contributed by atoms with van der Waals surface area (Å²) in [5.74, 6) is -2.64. The van der Waals surface area contributed by atoms with Gasteiger partial charge in [0.05, 0.1) is 18.0 Å².